The smallest absolute Gasteiger partial charge is 0.254 e. The number of hydrogen-bond donors (Lipinski definition) is 2. The van der Waals surface area contributed by atoms with Gasteiger partial charge in [-0.2, -0.15) is 0 Å². The zero-order valence-electron chi connectivity index (χ0n) is 13.2. The van der Waals surface area contributed by atoms with Crippen LogP contribution in [0.3, 0.4) is 0 Å². The van der Waals surface area contributed by atoms with E-state index < -0.39 is 0 Å². The molecule has 0 atom stereocenters. The van der Waals surface area contributed by atoms with Crippen LogP contribution in [0.15, 0.2) is 61.2 Å². The summed E-state index contributed by atoms with van der Waals surface area (Å²) in [6.45, 7) is 2.43. The van der Waals surface area contributed by atoms with Gasteiger partial charge in [0.25, 0.3) is 5.91 Å². The summed E-state index contributed by atoms with van der Waals surface area (Å²) in [5.41, 5.74) is 3.40. The van der Waals surface area contributed by atoms with Crippen LogP contribution in [-0.4, -0.2) is 20.9 Å². The minimum absolute atomic E-state index is 0.221. The summed E-state index contributed by atoms with van der Waals surface area (Å²) in [4.78, 5) is 24.5. The number of aryl methyl sites for hydroxylation is 1. The van der Waals surface area contributed by atoms with E-state index in [1.807, 2.05) is 43.3 Å². The van der Waals surface area contributed by atoms with Gasteiger partial charge in [0.15, 0.2) is 0 Å². The molecule has 0 aliphatic rings. The summed E-state index contributed by atoms with van der Waals surface area (Å²) in [5.74, 6) is 0.227. The molecule has 0 saturated carbocycles. The summed E-state index contributed by atoms with van der Waals surface area (Å²) in [6.07, 6.45) is 6.41. The molecule has 120 valence electrons. The molecule has 2 heterocycles. The number of nitrogens with one attached hydrogen (secondary N) is 2. The molecule has 0 aliphatic carbocycles. The maximum atomic E-state index is 12.1. The lowest BCUT2D eigenvalue weighted by molar-refractivity contribution is 0.0950. The van der Waals surface area contributed by atoms with Gasteiger partial charge < -0.3 is 10.6 Å². The van der Waals surface area contributed by atoms with Gasteiger partial charge in [-0.3, -0.25) is 9.78 Å². The number of hydrogen-bond acceptors (Lipinski definition) is 5. The molecule has 3 aromatic rings. The van der Waals surface area contributed by atoms with Crippen LogP contribution >= 0.6 is 0 Å². The average Bonchev–Trinajstić information content (AvgIpc) is 2.61. The molecule has 1 amide bonds. The zero-order valence-corrected chi connectivity index (χ0v) is 13.2. The van der Waals surface area contributed by atoms with Crippen LogP contribution in [0, 0.1) is 6.92 Å². The lowest BCUT2D eigenvalue weighted by Crippen LogP contribution is -2.23. The van der Waals surface area contributed by atoms with E-state index in [1.165, 1.54) is 12.4 Å². The van der Waals surface area contributed by atoms with Gasteiger partial charge in [0.1, 0.15) is 0 Å². The van der Waals surface area contributed by atoms with Crippen molar-refractivity contribution < 1.29 is 4.79 Å². The van der Waals surface area contributed by atoms with E-state index in [4.69, 9.17) is 0 Å². The van der Waals surface area contributed by atoms with E-state index in [2.05, 4.69) is 25.6 Å². The Balaban J connectivity index is 1.60. The summed E-state index contributed by atoms with van der Waals surface area (Å²) < 4.78 is 0. The van der Waals surface area contributed by atoms with E-state index in [9.17, 15) is 4.79 Å². The number of aromatic nitrogens is 3. The fraction of sp³-hybridized carbons (Fsp3) is 0.111. The molecule has 0 radical (unpaired) electrons. The molecule has 1 aromatic carbocycles. The fourth-order valence-corrected chi connectivity index (χ4v) is 2.15. The molecular weight excluding hydrogens is 302 g/mol. The SMILES string of the molecule is Cc1cccc(Nc2ncc(C(=O)NCc3cccnc3)cn2)c1. The van der Waals surface area contributed by atoms with Crippen molar-refractivity contribution in [2.75, 3.05) is 5.32 Å². The number of carbonyl (C=O) groups excluding carboxylic acids is 1. The summed E-state index contributed by atoms with van der Waals surface area (Å²) >= 11 is 0. The van der Waals surface area contributed by atoms with Gasteiger partial charge in [0.05, 0.1) is 5.56 Å². The fourth-order valence-electron chi connectivity index (χ4n) is 2.15. The molecule has 0 aliphatic heterocycles. The quantitative estimate of drug-likeness (QED) is 0.756. The van der Waals surface area contributed by atoms with Crippen LogP contribution in [0.4, 0.5) is 11.6 Å². The first-order valence-corrected chi connectivity index (χ1v) is 7.53. The molecule has 2 aromatic heterocycles. The molecule has 0 spiro atoms. The molecule has 6 heteroatoms. The first kappa shape index (κ1) is 15.6. The van der Waals surface area contributed by atoms with Gasteiger partial charge in [-0.15, -0.1) is 0 Å². The summed E-state index contributed by atoms with van der Waals surface area (Å²) in [5, 5.41) is 5.92. The van der Waals surface area contributed by atoms with Gasteiger partial charge in [-0.1, -0.05) is 18.2 Å². The van der Waals surface area contributed by atoms with E-state index in [0.29, 0.717) is 18.1 Å². The largest absolute Gasteiger partial charge is 0.348 e. The maximum absolute atomic E-state index is 12.1. The van der Waals surface area contributed by atoms with Gasteiger partial charge in [0, 0.05) is 37.0 Å². The lowest BCUT2D eigenvalue weighted by atomic mass is 10.2. The molecule has 6 nitrogen and oxygen atoms in total. The highest BCUT2D eigenvalue weighted by Gasteiger charge is 2.07. The van der Waals surface area contributed by atoms with Crippen molar-refractivity contribution in [3.05, 3.63) is 77.9 Å². The van der Waals surface area contributed by atoms with Crippen LogP contribution < -0.4 is 10.6 Å². The highest BCUT2D eigenvalue weighted by atomic mass is 16.1. The van der Waals surface area contributed by atoms with Crippen molar-refractivity contribution in [1.82, 2.24) is 20.3 Å². The standard InChI is InChI=1S/C18H17N5O/c1-13-4-2-6-16(8-13)23-18-21-11-15(12-22-18)17(24)20-10-14-5-3-7-19-9-14/h2-9,11-12H,10H2,1H3,(H,20,24)(H,21,22,23). The Morgan fingerprint density at radius 2 is 1.92 bits per heavy atom. The minimum Gasteiger partial charge on any atom is -0.348 e. The van der Waals surface area contributed by atoms with Crippen LogP contribution in [0.2, 0.25) is 0 Å². The third kappa shape index (κ3) is 4.13. The predicted molar refractivity (Wildman–Crippen MR) is 91.9 cm³/mol. The number of rotatable bonds is 5. The van der Waals surface area contributed by atoms with E-state index in [-0.39, 0.29) is 5.91 Å². The van der Waals surface area contributed by atoms with Crippen molar-refractivity contribution in [3.8, 4) is 0 Å². The Bertz CT molecular complexity index is 818. The topological polar surface area (TPSA) is 79.8 Å². The molecule has 3 rings (SSSR count). The van der Waals surface area contributed by atoms with E-state index in [0.717, 1.165) is 16.8 Å². The van der Waals surface area contributed by atoms with Gasteiger partial charge in [-0.05, 0) is 36.2 Å². The Kier molecular flexibility index (Phi) is 4.76. The highest BCUT2D eigenvalue weighted by Crippen LogP contribution is 2.14. The summed E-state index contributed by atoms with van der Waals surface area (Å²) in [6, 6.07) is 11.6. The second kappa shape index (κ2) is 7.32. The van der Waals surface area contributed by atoms with E-state index >= 15 is 0 Å². The third-order valence-corrected chi connectivity index (χ3v) is 3.36. The molecule has 0 bridgehead atoms. The van der Waals surface area contributed by atoms with Crippen LogP contribution in [0.1, 0.15) is 21.5 Å². The van der Waals surface area contributed by atoms with E-state index in [1.54, 1.807) is 12.4 Å². The van der Waals surface area contributed by atoms with Crippen molar-refractivity contribution in [1.29, 1.82) is 0 Å². The first-order chi connectivity index (χ1) is 11.7. The van der Waals surface area contributed by atoms with Crippen molar-refractivity contribution in [3.63, 3.8) is 0 Å². The molecule has 0 fully saturated rings. The molecule has 24 heavy (non-hydrogen) atoms. The van der Waals surface area contributed by atoms with Crippen LogP contribution in [0.5, 0.6) is 0 Å². The Morgan fingerprint density at radius 3 is 2.62 bits per heavy atom. The van der Waals surface area contributed by atoms with Crippen LogP contribution in [-0.2, 0) is 6.54 Å². The average molecular weight is 319 g/mol. The van der Waals surface area contributed by atoms with Crippen molar-refractivity contribution in [2.45, 2.75) is 13.5 Å². The number of amides is 1. The number of nitrogens with zero attached hydrogens (tertiary/aromatic N) is 3. The minimum atomic E-state index is -0.221. The van der Waals surface area contributed by atoms with Gasteiger partial charge in [0.2, 0.25) is 5.95 Å². The Hall–Kier alpha value is -3.28. The monoisotopic (exact) mass is 319 g/mol. The number of pyridine rings is 1. The number of anilines is 2. The van der Waals surface area contributed by atoms with Gasteiger partial charge >= 0.3 is 0 Å². The highest BCUT2D eigenvalue weighted by molar-refractivity contribution is 5.93. The zero-order chi connectivity index (χ0) is 16.8. The van der Waals surface area contributed by atoms with Gasteiger partial charge in [-0.25, -0.2) is 9.97 Å². The molecule has 0 saturated heterocycles. The van der Waals surface area contributed by atoms with Crippen molar-refractivity contribution >= 4 is 17.5 Å². The maximum Gasteiger partial charge on any atom is 0.254 e. The van der Waals surface area contributed by atoms with Crippen LogP contribution in [0.25, 0.3) is 0 Å². The molecule has 0 unspecified atom stereocenters. The number of carbonyl (C=O) groups is 1. The second-order valence-corrected chi connectivity index (χ2v) is 5.33. The van der Waals surface area contributed by atoms with Crippen molar-refractivity contribution in [2.24, 2.45) is 0 Å². The Morgan fingerprint density at radius 1 is 1.08 bits per heavy atom. The second-order valence-electron chi connectivity index (χ2n) is 5.33. The third-order valence-electron chi connectivity index (χ3n) is 3.36. The Labute approximate surface area is 140 Å². The molecular formula is C18H17N5O. The molecule has 2 N–H and O–H groups in total. The predicted octanol–water partition coefficient (Wildman–Crippen LogP) is 2.85. The lowest BCUT2D eigenvalue weighted by Gasteiger charge is -2.07. The summed E-state index contributed by atoms with van der Waals surface area (Å²) in [7, 11) is 0. The first-order valence-electron chi connectivity index (χ1n) is 7.53. The normalized spacial score (nSPS) is 10.2. The number of benzene rings is 1.